The van der Waals surface area contributed by atoms with E-state index < -0.39 is 12.3 Å². The van der Waals surface area contributed by atoms with Crippen molar-refractivity contribution in [2.24, 2.45) is 5.92 Å². The van der Waals surface area contributed by atoms with Gasteiger partial charge in [-0.1, -0.05) is 85.8 Å². The molecular formula is C40H38N2O7S. The van der Waals surface area contributed by atoms with E-state index in [9.17, 15) is 19.8 Å². The number of benzene rings is 5. The van der Waals surface area contributed by atoms with Crippen molar-refractivity contribution in [1.29, 1.82) is 0 Å². The number of hydrogen-bond donors (Lipinski definition) is 4. The first-order valence-electron chi connectivity index (χ1n) is 16.3. The number of nitrogens with one attached hydrogen (secondary N) is 2. The molecule has 9 nitrogen and oxygen atoms in total. The number of carbonyl (C=O) groups excluding carboxylic acids is 1. The third-order valence-corrected chi connectivity index (χ3v) is 9.60. The molecule has 0 saturated carbocycles. The molecule has 1 aliphatic rings. The largest absolute Gasteiger partial charge is 0.478 e. The Labute approximate surface area is 295 Å². The fraction of sp³-hybridized carbons (Fsp3) is 0.200. The zero-order chi connectivity index (χ0) is 34.9. The van der Waals surface area contributed by atoms with E-state index in [0.717, 1.165) is 28.0 Å². The summed E-state index contributed by atoms with van der Waals surface area (Å²) in [5.41, 5.74) is 4.39. The van der Waals surface area contributed by atoms with E-state index in [1.807, 2.05) is 91.0 Å². The number of carboxylic acids is 1. The second kappa shape index (κ2) is 16.5. The number of para-hydroxylation sites is 1. The van der Waals surface area contributed by atoms with E-state index in [1.54, 1.807) is 36.4 Å². The Morgan fingerprint density at radius 3 is 2.10 bits per heavy atom. The van der Waals surface area contributed by atoms with Crippen molar-refractivity contribution in [3.05, 3.63) is 155 Å². The Kier molecular flexibility index (Phi) is 11.5. The molecule has 50 heavy (non-hydrogen) atoms. The van der Waals surface area contributed by atoms with Crippen LogP contribution in [0.5, 0.6) is 11.5 Å². The zero-order valence-corrected chi connectivity index (χ0v) is 28.2. The van der Waals surface area contributed by atoms with Gasteiger partial charge in [-0.25, -0.2) is 9.59 Å². The van der Waals surface area contributed by atoms with Crippen LogP contribution < -0.4 is 15.4 Å². The van der Waals surface area contributed by atoms with Gasteiger partial charge in [-0.15, -0.1) is 11.8 Å². The van der Waals surface area contributed by atoms with E-state index in [4.69, 9.17) is 14.2 Å². The molecular weight excluding hydrogens is 653 g/mol. The van der Waals surface area contributed by atoms with E-state index >= 15 is 0 Å². The lowest BCUT2D eigenvalue weighted by molar-refractivity contribution is -0.268. The van der Waals surface area contributed by atoms with Crippen LogP contribution >= 0.6 is 11.8 Å². The predicted octanol–water partition coefficient (Wildman–Crippen LogP) is 8.57. The van der Waals surface area contributed by atoms with Gasteiger partial charge in [0.05, 0.1) is 24.4 Å². The lowest BCUT2D eigenvalue weighted by atomic mass is 9.91. The summed E-state index contributed by atoms with van der Waals surface area (Å²) in [6.07, 6.45) is -1.23. The summed E-state index contributed by atoms with van der Waals surface area (Å²) < 4.78 is 18.9. The fourth-order valence-electron chi connectivity index (χ4n) is 5.63. The van der Waals surface area contributed by atoms with Crippen LogP contribution in [-0.2, 0) is 22.6 Å². The second-order valence-corrected chi connectivity index (χ2v) is 13.0. The molecule has 0 aromatic heterocycles. The lowest BCUT2D eigenvalue weighted by Gasteiger charge is -2.41. The molecule has 0 unspecified atom stereocenters. The molecule has 256 valence electrons. The van der Waals surface area contributed by atoms with E-state index in [2.05, 4.69) is 17.6 Å². The highest BCUT2D eigenvalue weighted by Gasteiger charge is 2.38. The number of thioether (sulfide) groups is 1. The fourth-order valence-corrected chi connectivity index (χ4v) is 6.84. The average molecular weight is 691 g/mol. The van der Waals surface area contributed by atoms with E-state index in [1.165, 1.54) is 11.8 Å². The van der Waals surface area contributed by atoms with Crippen molar-refractivity contribution in [2.45, 2.75) is 43.5 Å². The lowest BCUT2D eigenvalue weighted by Crippen LogP contribution is -2.38. The van der Waals surface area contributed by atoms with Crippen molar-refractivity contribution in [3.8, 4) is 11.5 Å². The quantitative estimate of drug-likeness (QED) is 0.0960. The molecule has 0 spiro atoms. The highest BCUT2D eigenvalue weighted by atomic mass is 32.2. The zero-order valence-electron chi connectivity index (χ0n) is 27.4. The minimum Gasteiger partial charge on any atom is -0.478 e. The van der Waals surface area contributed by atoms with Gasteiger partial charge in [0.2, 0.25) is 0 Å². The number of aliphatic hydroxyl groups is 1. The van der Waals surface area contributed by atoms with Gasteiger partial charge in [0, 0.05) is 34.4 Å². The van der Waals surface area contributed by atoms with Crippen molar-refractivity contribution < 1.29 is 34.0 Å². The van der Waals surface area contributed by atoms with Crippen LogP contribution in [0.3, 0.4) is 0 Å². The first-order valence-corrected chi connectivity index (χ1v) is 17.3. The van der Waals surface area contributed by atoms with Crippen molar-refractivity contribution >= 4 is 29.4 Å². The normalized spacial score (nSPS) is 18.6. The maximum atomic E-state index is 12.6. The molecule has 5 aromatic carbocycles. The van der Waals surface area contributed by atoms with E-state index in [-0.39, 0.29) is 36.3 Å². The second-order valence-electron chi connectivity index (χ2n) is 11.9. The van der Waals surface area contributed by atoms with Crippen molar-refractivity contribution in [1.82, 2.24) is 5.32 Å². The molecule has 0 radical (unpaired) electrons. The topological polar surface area (TPSA) is 126 Å². The average Bonchev–Trinajstić information content (AvgIpc) is 3.15. The molecule has 5 aromatic rings. The summed E-state index contributed by atoms with van der Waals surface area (Å²) in [5.74, 6) is 0.909. The predicted molar refractivity (Wildman–Crippen MR) is 192 cm³/mol. The van der Waals surface area contributed by atoms with Crippen LogP contribution in [0.2, 0.25) is 0 Å². The van der Waals surface area contributed by atoms with Crippen molar-refractivity contribution in [3.63, 3.8) is 0 Å². The van der Waals surface area contributed by atoms with Gasteiger partial charge in [-0.3, -0.25) is 0 Å². The number of ether oxygens (including phenoxy) is 3. The summed E-state index contributed by atoms with van der Waals surface area (Å²) in [6, 6.07) is 38.7. The molecule has 6 rings (SSSR count). The Bertz CT molecular complexity index is 1870. The number of aliphatic hydroxyl groups excluding tert-OH is 1. The molecule has 4 N–H and O–H groups in total. The van der Waals surface area contributed by atoms with Crippen LogP contribution in [0.15, 0.2) is 132 Å². The monoisotopic (exact) mass is 690 g/mol. The van der Waals surface area contributed by atoms with Crippen LogP contribution in [0, 0.1) is 5.92 Å². The van der Waals surface area contributed by atoms with Crippen LogP contribution in [-0.4, -0.2) is 34.1 Å². The summed E-state index contributed by atoms with van der Waals surface area (Å²) in [6.45, 7) is 2.34. The highest BCUT2D eigenvalue weighted by molar-refractivity contribution is 7.99. The molecule has 10 heteroatoms. The van der Waals surface area contributed by atoms with Gasteiger partial charge >= 0.3 is 12.0 Å². The number of aromatic carboxylic acids is 1. The van der Waals surface area contributed by atoms with Gasteiger partial charge < -0.3 is 35.1 Å². The Hall–Kier alpha value is -5.13. The number of urea groups is 1. The first-order chi connectivity index (χ1) is 24.4. The smallest absolute Gasteiger partial charge is 0.336 e. The Morgan fingerprint density at radius 2 is 1.40 bits per heavy atom. The number of carboxylic acid groups (broad SMARTS) is 1. The number of hydrogen-bond acceptors (Lipinski definition) is 7. The third kappa shape index (κ3) is 8.90. The molecule has 1 saturated heterocycles. The number of amides is 2. The highest BCUT2D eigenvalue weighted by Crippen LogP contribution is 2.43. The molecule has 1 fully saturated rings. The molecule has 1 heterocycles. The molecule has 4 atom stereocenters. The van der Waals surface area contributed by atoms with E-state index in [0.29, 0.717) is 28.6 Å². The van der Waals surface area contributed by atoms with Crippen LogP contribution in [0.4, 0.5) is 10.5 Å². The molecule has 2 amide bonds. The summed E-state index contributed by atoms with van der Waals surface area (Å²) >= 11 is 1.45. The van der Waals surface area contributed by atoms with Gasteiger partial charge in [-0.05, 0) is 65.2 Å². The summed E-state index contributed by atoms with van der Waals surface area (Å²) in [5, 5.41) is 25.0. The SMILES string of the molecule is C[C@@H]1[C@H](CSc2ccccc2C(=O)O)O[C@H](c2ccc(CNC(=O)Nc3ccc(Oc4ccccc4)cc3)cc2)O[C@@H]1c1ccc(CO)cc1. The molecule has 1 aliphatic heterocycles. The molecule has 0 bridgehead atoms. The van der Waals surface area contributed by atoms with Gasteiger partial charge in [-0.2, -0.15) is 0 Å². The maximum Gasteiger partial charge on any atom is 0.336 e. The Morgan fingerprint density at radius 1 is 0.760 bits per heavy atom. The standard InChI is InChI=1S/C40H38N2O7S/c1-26-35(25-50-36-10-6-5-9-34(36)38(44)45)48-39(49-37(26)29-15-13-28(24-43)14-16-29)30-17-11-27(12-18-30)23-41-40(46)42-31-19-21-33(22-20-31)47-32-7-3-2-4-8-32/h2-22,26,35,37,39,43H,23-25H2,1H3,(H,44,45)(H2,41,42,46)/t26-,35+,37+,39+/m1/s1. The van der Waals surface area contributed by atoms with Crippen LogP contribution in [0.1, 0.15) is 51.9 Å². The number of rotatable bonds is 12. The summed E-state index contributed by atoms with van der Waals surface area (Å²) in [4.78, 5) is 25.1. The minimum atomic E-state index is -0.968. The third-order valence-electron chi connectivity index (χ3n) is 8.44. The van der Waals surface area contributed by atoms with Gasteiger partial charge in [0.1, 0.15) is 11.5 Å². The molecule has 0 aliphatic carbocycles. The van der Waals surface area contributed by atoms with Crippen molar-refractivity contribution in [2.75, 3.05) is 11.1 Å². The van der Waals surface area contributed by atoms with Crippen LogP contribution in [0.25, 0.3) is 0 Å². The number of anilines is 1. The Balaban J connectivity index is 1.09. The van der Waals surface area contributed by atoms with Gasteiger partial charge in [0.25, 0.3) is 0 Å². The minimum absolute atomic E-state index is 0.0457. The maximum absolute atomic E-state index is 12.6. The number of carbonyl (C=O) groups is 2. The summed E-state index contributed by atoms with van der Waals surface area (Å²) in [7, 11) is 0. The van der Waals surface area contributed by atoms with Gasteiger partial charge in [0.15, 0.2) is 6.29 Å². The first kappa shape index (κ1) is 34.7.